The second-order valence-electron chi connectivity index (χ2n) is 2.21. The van der Waals surface area contributed by atoms with Crippen LogP contribution in [0.4, 0.5) is 0 Å². The van der Waals surface area contributed by atoms with E-state index in [0.717, 1.165) is 6.42 Å². The normalized spacial score (nSPS) is 12.9. The van der Waals surface area contributed by atoms with E-state index in [1.165, 1.54) is 5.57 Å². The van der Waals surface area contributed by atoms with E-state index in [2.05, 4.69) is 26.0 Å². The fourth-order valence-corrected chi connectivity index (χ4v) is 0.720. The maximum atomic E-state index is 4.86. The molecular weight excluding hydrogens is 124 g/mol. The van der Waals surface area contributed by atoms with E-state index in [-0.39, 0.29) is 0 Å². The molecule has 0 bridgehead atoms. The van der Waals surface area contributed by atoms with Gasteiger partial charge in [-0.05, 0) is 13.3 Å². The zero-order valence-electron chi connectivity index (χ0n) is 7.05. The highest BCUT2D eigenvalue weighted by Crippen LogP contribution is 1.95. The summed E-state index contributed by atoms with van der Waals surface area (Å²) in [6.45, 7) is 4.93. The Hall–Kier alpha value is -0.560. The first-order valence-electron chi connectivity index (χ1n) is 3.63. The lowest BCUT2D eigenvalue weighted by Crippen LogP contribution is -1.80. The first-order chi connectivity index (χ1) is 4.81. The molecular formula is C9H16O. The molecule has 0 fully saturated rings. The smallest absolute Gasteiger partial charge is 0.0646 e. The maximum Gasteiger partial charge on any atom is 0.0646 e. The SMILES string of the molecule is CC/C=C(C)\C=C/COC. The highest BCUT2D eigenvalue weighted by atomic mass is 16.5. The molecule has 0 aliphatic carbocycles. The molecule has 0 saturated carbocycles. The molecule has 0 rings (SSSR count). The molecule has 0 aliphatic rings. The van der Waals surface area contributed by atoms with Gasteiger partial charge in [0.05, 0.1) is 6.61 Å². The third-order valence-corrected chi connectivity index (χ3v) is 1.17. The van der Waals surface area contributed by atoms with Gasteiger partial charge in [-0.1, -0.05) is 30.7 Å². The van der Waals surface area contributed by atoms with Crippen molar-refractivity contribution in [3.63, 3.8) is 0 Å². The molecule has 0 atom stereocenters. The summed E-state index contributed by atoms with van der Waals surface area (Å²) in [5.41, 5.74) is 1.31. The number of methoxy groups -OCH3 is 1. The largest absolute Gasteiger partial charge is 0.381 e. The summed E-state index contributed by atoms with van der Waals surface area (Å²) in [6.07, 6.45) is 7.38. The highest BCUT2D eigenvalue weighted by Gasteiger charge is 1.77. The van der Waals surface area contributed by atoms with Crippen molar-refractivity contribution in [1.82, 2.24) is 0 Å². The van der Waals surface area contributed by atoms with Gasteiger partial charge >= 0.3 is 0 Å². The third-order valence-electron chi connectivity index (χ3n) is 1.17. The summed E-state index contributed by atoms with van der Waals surface area (Å²) in [5.74, 6) is 0. The van der Waals surface area contributed by atoms with Gasteiger partial charge in [0.1, 0.15) is 0 Å². The van der Waals surface area contributed by atoms with E-state index >= 15 is 0 Å². The van der Waals surface area contributed by atoms with E-state index in [9.17, 15) is 0 Å². The number of hydrogen-bond acceptors (Lipinski definition) is 1. The Morgan fingerprint density at radius 1 is 1.50 bits per heavy atom. The monoisotopic (exact) mass is 140 g/mol. The molecule has 0 amide bonds. The molecule has 0 N–H and O–H groups in total. The van der Waals surface area contributed by atoms with Gasteiger partial charge < -0.3 is 4.74 Å². The molecule has 10 heavy (non-hydrogen) atoms. The number of ether oxygens (including phenoxy) is 1. The van der Waals surface area contributed by atoms with Crippen LogP contribution in [0, 0.1) is 0 Å². The second kappa shape index (κ2) is 6.56. The topological polar surface area (TPSA) is 9.23 Å². The van der Waals surface area contributed by atoms with Crippen molar-refractivity contribution in [2.45, 2.75) is 20.3 Å². The molecule has 1 heteroatoms. The van der Waals surface area contributed by atoms with Crippen molar-refractivity contribution in [2.24, 2.45) is 0 Å². The van der Waals surface area contributed by atoms with Gasteiger partial charge in [0.25, 0.3) is 0 Å². The summed E-state index contributed by atoms with van der Waals surface area (Å²) in [5, 5.41) is 0. The molecule has 0 aliphatic heterocycles. The van der Waals surface area contributed by atoms with Crippen LogP contribution in [-0.2, 0) is 4.74 Å². The van der Waals surface area contributed by atoms with E-state index in [1.54, 1.807) is 7.11 Å². The quantitative estimate of drug-likeness (QED) is 0.545. The molecule has 1 nitrogen and oxygen atoms in total. The van der Waals surface area contributed by atoms with Crippen LogP contribution >= 0.6 is 0 Å². The van der Waals surface area contributed by atoms with Gasteiger partial charge in [0.15, 0.2) is 0 Å². The van der Waals surface area contributed by atoms with E-state index in [0.29, 0.717) is 6.61 Å². The van der Waals surface area contributed by atoms with Gasteiger partial charge in [0.2, 0.25) is 0 Å². The molecule has 0 aromatic rings. The Balaban J connectivity index is 3.55. The lowest BCUT2D eigenvalue weighted by Gasteiger charge is -1.90. The Labute approximate surface area is 63.4 Å². The highest BCUT2D eigenvalue weighted by molar-refractivity contribution is 5.15. The summed E-state index contributed by atoms with van der Waals surface area (Å²) < 4.78 is 4.86. The summed E-state index contributed by atoms with van der Waals surface area (Å²) in [7, 11) is 1.70. The summed E-state index contributed by atoms with van der Waals surface area (Å²) in [4.78, 5) is 0. The zero-order chi connectivity index (χ0) is 7.82. The standard InChI is InChI=1S/C9H16O/c1-4-6-9(2)7-5-8-10-3/h5-7H,4,8H2,1-3H3/b7-5-,9-6-. The maximum absolute atomic E-state index is 4.86. The average molecular weight is 140 g/mol. The Morgan fingerprint density at radius 3 is 2.70 bits per heavy atom. The molecule has 58 valence electrons. The minimum atomic E-state index is 0.703. The lowest BCUT2D eigenvalue weighted by atomic mass is 10.2. The van der Waals surface area contributed by atoms with E-state index < -0.39 is 0 Å². The van der Waals surface area contributed by atoms with Crippen LogP contribution in [0.25, 0.3) is 0 Å². The zero-order valence-corrected chi connectivity index (χ0v) is 7.05. The molecule has 0 aromatic carbocycles. The second-order valence-corrected chi connectivity index (χ2v) is 2.21. The van der Waals surface area contributed by atoms with Gasteiger partial charge in [-0.15, -0.1) is 0 Å². The van der Waals surface area contributed by atoms with Crippen LogP contribution in [0.3, 0.4) is 0 Å². The molecule has 0 unspecified atom stereocenters. The first-order valence-corrected chi connectivity index (χ1v) is 3.63. The average Bonchev–Trinajstić information content (AvgIpc) is 1.89. The Bertz CT molecular complexity index is 123. The van der Waals surface area contributed by atoms with Gasteiger partial charge in [0, 0.05) is 7.11 Å². The van der Waals surface area contributed by atoms with Gasteiger partial charge in [-0.25, -0.2) is 0 Å². The predicted octanol–water partition coefficient (Wildman–Crippen LogP) is 2.55. The molecule has 0 saturated heterocycles. The number of allylic oxidation sites excluding steroid dienone is 3. The summed E-state index contributed by atoms with van der Waals surface area (Å²) >= 11 is 0. The van der Waals surface area contributed by atoms with Crippen molar-refractivity contribution in [1.29, 1.82) is 0 Å². The summed E-state index contributed by atoms with van der Waals surface area (Å²) in [6, 6.07) is 0. The third kappa shape index (κ3) is 5.57. The first kappa shape index (κ1) is 9.44. The Kier molecular flexibility index (Phi) is 6.19. The van der Waals surface area contributed by atoms with Crippen LogP contribution in [-0.4, -0.2) is 13.7 Å². The fraction of sp³-hybridized carbons (Fsp3) is 0.556. The van der Waals surface area contributed by atoms with Gasteiger partial charge in [-0.3, -0.25) is 0 Å². The minimum Gasteiger partial charge on any atom is -0.381 e. The van der Waals surface area contributed by atoms with Crippen LogP contribution in [0.2, 0.25) is 0 Å². The minimum absolute atomic E-state index is 0.703. The molecule has 0 heterocycles. The lowest BCUT2D eigenvalue weighted by molar-refractivity contribution is 0.234. The molecule has 0 radical (unpaired) electrons. The predicted molar refractivity (Wildman–Crippen MR) is 45.1 cm³/mol. The van der Waals surface area contributed by atoms with Crippen LogP contribution in [0.5, 0.6) is 0 Å². The van der Waals surface area contributed by atoms with Gasteiger partial charge in [-0.2, -0.15) is 0 Å². The molecule has 0 spiro atoms. The van der Waals surface area contributed by atoms with E-state index in [1.807, 2.05) is 6.08 Å². The van der Waals surface area contributed by atoms with Crippen LogP contribution in [0.15, 0.2) is 23.8 Å². The number of rotatable bonds is 4. The van der Waals surface area contributed by atoms with Crippen molar-refractivity contribution in [3.05, 3.63) is 23.8 Å². The fourth-order valence-electron chi connectivity index (χ4n) is 0.720. The number of hydrogen-bond donors (Lipinski definition) is 0. The van der Waals surface area contributed by atoms with E-state index in [4.69, 9.17) is 4.74 Å². The van der Waals surface area contributed by atoms with Crippen LogP contribution < -0.4 is 0 Å². The van der Waals surface area contributed by atoms with Crippen molar-refractivity contribution in [3.8, 4) is 0 Å². The molecule has 0 aromatic heterocycles. The van der Waals surface area contributed by atoms with Crippen molar-refractivity contribution >= 4 is 0 Å². The van der Waals surface area contributed by atoms with Crippen LogP contribution in [0.1, 0.15) is 20.3 Å². The Morgan fingerprint density at radius 2 is 2.20 bits per heavy atom. The van der Waals surface area contributed by atoms with Crippen molar-refractivity contribution < 1.29 is 4.74 Å². The van der Waals surface area contributed by atoms with Crippen molar-refractivity contribution in [2.75, 3.05) is 13.7 Å².